The summed E-state index contributed by atoms with van der Waals surface area (Å²) >= 11 is 1.76. The highest BCUT2D eigenvalue weighted by Crippen LogP contribution is 2.33. The van der Waals surface area contributed by atoms with Crippen molar-refractivity contribution in [2.24, 2.45) is 0 Å². The molecule has 2 saturated heterocycles. The Morgan fingerprint density at radius 1 is 1.29 bits per heavy atom. The third-order valence-corrected chi connectivity index (χ3v) is 8.34. The SMILES string of the molecule is Cc1c(C#N)c(NC(=O)CN2CCC[C@@H](c3nc4ccccc4s3)C2)n(C[C@H]2CCCO2)c1C. The largest absolute Gasteiger partial charge is 0.376 e. The van der Waals surface area contributed by atoms with Crippen LogP contribution in [0.25, 0.3) is 10.2 Å². The topological polar surface area (TPSA) is 83.2 Å². The molecule has 2 aromatic heterocycles. The summed E-state index contributed by atoms with van der Waals surface area (Å²) in [6.07, 6.45) is 4.34. The lowest BCUT2D eigenvalue weighted by molar-refractivity contribution is -0.117. The van der Waals surface area contributed by atoms with Crippen LogP contribution < -0.4 is 5.32 Å². The second-order valence-electron chi connectivity index (χ2n) is 9.43. The Labute approximate surface area is 204 Å². The van der Waals surface area contributed by atoms with Crippen molar-refractivity contribution in [3.05, 3.63) is 46.1 Å². The minimum absolute atomic E-state index is 0.0764. The lowest BCUT2D eigenvalue weighted by Gasteiger charge is -2.31. The average molecular weight is 478 g/mol. The number of ether oxygens (including phenoxy) is 1. The fourth-order valence-electron chi connectivity index (χ4n) is 5.19. The number of nitrogens with one attached hydrogen (secondary N) is 1. The number of benzene rings is 1. The van der Waals surface area contributed by atoms with Gasteiger partial charge in [-0.1, -0.05) is 12.1 Å². The van der Waals surface area contributed by atoms with Gasteiger partial charge in [-0.3, -0.25) is 9.69 Å². The van der Waals surface area contributed by atoms with Crippen LogP contribution in [0.5, 0.6) is 0 Å². The summed E-state index contributed by atoms with van der Waals surface area (Å²) in [4.78, 5) is 20.2. The Balaban J connectivity index is 1.28. The predicted octanol–water partition coefficient (Wildman–Crippen LogP) is 4.58. The van der Waals surface area contributed by atoms with Crippen molar-refractivity contribution in [3.8, 4) is 6.07 Å². The molecular weight excluding hydrogens is 446 g/mol. The molecule has 1 aromatic carbocycles. The van der Waals surface area contributed by atoms with Crippen LogP contribution in [0.4, 0.5) is 5.82 Å². The molecule has 2 aliphatic rings. The second-order valence-corrected chi connectivity index (χ2v) is 10.5. The van der Waals surface area contributed by atoms with Crippen LogP contribution in [-0.4, -0.2) is 52.7 Å². The van der Waals surface area contributed by atoms with Crippen molar-refractivity contribution < 1.29 is 9.53 Å². The molecule has 1 N–H and O–H groups in total. The summed E-state index contributed by atoms with van der Waals surface area (Å²) in [5.41, 5.74) is 3.54. The number of fused-ring (bicyclic) bond motifs is 1. The van der Waals surface area contributed by atoms with Gasteiger partial charge in [-0.15, -0.1) is 11.3 Å². The number of hydrogen-bond acceptors (Lipinski definition) is 6. The van der Waals surface area contributed by atoms with Crippen LogP contribution >= 0.6 is 11.3 Å². The van der Waals surface area contributed by atoms with E-state index in [1.54, 1.807) is 11.3 Å². The highest BCUT2D eigenvalue weighted by atomic mass is 32.1. The van der Waals surface area contributed by atoms with Gasteiger partial charge in [0.15, 0.2) is 0 Å². The van der Waals surface area contributed by atoms with E-state index < -0.39 is 0 Å². The van der Waals surface area contributed by atoms with Crippen LogP contribution in [0, 0.1) is 25.2 Å². The zero-order valence-corrected chi connectivity index (χ0v) is 20.7. The highest BCUT2D eigenvalue weighted by molar-refractivity contribution is 7.18. The number of thiazole rings is 1. The molecule has 1 amide bonds. The molecule has 34 heavy (non-hydrogen) atoms. The van der Waals surface area contributed by atoms with Crippen molar-refractivity contribution in [3.63, 3.8) is 0 Å². The van der Waals surface area contributed by atoms with Gasteiger partial charge in [-0.05, 0) is 63.8 Å². The number of nitriles is 1. The maximum Gasteiger partial charge on any atom is 0.239 e. The fourth-order valence-corrected chi connectivity index (χ4v) is 6.28. The highest BCUT2D eigenvalue weighted by Gasteiger charge is 2.27. The van der Waals surface area contributed by atoms with E-state index >= 15 is 0 Å². The molecule has 0 unspecified atom stereocenters. The molecule has 2 aliphatic heterocycles. The first-order valence-electron chi connectivity index (χ1n) is 12.1. The van der Waals surface area contributed by atoms with Gasteiger partial charge in [-0.25, -0.2) is 4.98 Å². The number of nitrogens with zero attached hydrogens (tertiary/aromatic N) is 4. The lowest BCUT2D eigenvalue weighted by Crippen LogP contribution is -2.40. The number of rotatable bonds is 6. The number of carbonyl (C=O) groups excluding carboxylic acids is 1. The monoisotopic (exact) mass is 477 g/mol. The van der Waals surface area contributed by atoms with Crippen molar-refractivity contribution in [2.75, 3.05) is 31.6 Å². The van der Waals surface area contributed by atoms with E-state index in [9.17, 15) is 10.1 Å². The summed E-state index contributed by atoms with van der Waals surface area (Å²) in [5, 5.41) is 14.0. The molecule has 2 atom stereocenters. The number of aromatic nitrogens is 2. The second kappa shape index (κ2) is 9.87. The number of para-hydroxylation sites is 1. The van der Waals surface area contributed by atoms with Crippen LogP contribution in [0.15, 0.2) is 24.3 Å². The molecule has 3 aromatic rings. The third-order valence-electron chi connectivity index (χ3n) is 7.14. The molecule has 0 spiro atoms. The number of hydrogen-bond donors (Lipinski definition) is 1. The smallest absolute Gasteiger partial charge is 0.239 e. The molecule has 5 rings (SSSR count). The molecular formula is C26H31N5O2S. The minimum atomic E-state index is -0.0764. The van der Waals surface area contributed by atoms with Crippen LogP contribution in [-0.2, 0) is 16.1 Å². The maximum absolute atomic E-state index is 13.1. The average Bonchev–Trinajstić information content (AvgIpc) is 3.55. The summed E-state index contributed by atoms with van der Waals surface area (Å²) in [5.74, 6) is 0.881. The van der Waals surface area contributed by atoms with E-state index in [4.69, 9.17) is 9.72 Å². The van der Waals surface area contributed by atoms with Gasteiger partial charge in [0.05, 0.1) is 40.0 Å². The minimum Gasteiger partial charge on any atom is -0.376 e. The molecule has 4 heterocycles. The van der Waals surface area contributed by atoms with E-state index in [-0.39, 0.29) is 12.0 Å². The molecule has 2 fully saturated rings. The summed E-state index contributed by atoms with van der Waals surface area (Å²) in [6, 6.07) is 10.6. The zero-order chi connectivity index (χ0) is 23.7. The molecule has 0 radical (unpaired) electrons. The Morgan fingerprint density at radius 3 is 2.91 bits per heavy atom. The standard InChI is InChI=1S/C26H31N5O2S/c1-17-18(2)31(15-20-8-6-12-33-20)25(21(17)13-27)29-24(32)16-30-11-5-7-19(14-30)26-28-22-9-3-4-10-23(22)34-26/h3-4,9-10,19-20H,5-8,11-12,14-16H2,1-2H3,(H,29,32)/t19-,20-/m1/s1. The van der Waals surface area contributed by atoms with E-state index in [0.29, 0.717) is 30.4 Å². The number of likely N-dealkylation sites (tertiary alicyclic amines) is 1. The van der Waals surface area contributed by atoms with Gasteiger partial charge in [0.1, 0.15) is 11.9 Å². The Morgan fingerprint density at radius 2 is 2.15 bits per heavy atom. The van der Waals surface area contributed by atoms with Gasteiger partial charge >= 0.3 is 0 Å². The van der Waals surface area contributed by atoms with E-state index in [1.807, 2.05) is 19.9 Å². The first kappa shape index (κ1) is 23.0. The van der Waals surface area contributed by atoms with Crippen LogP contribution in [0.1, 0.15) is 53.4 Å². The normalized spacial score (nSPS) is 21.1. The summed E-state index contributed by atoms with van der Waals surface area (Å²) < 4.78 is 9.10. The maximum atomic E-state index is 13.1. The van der Waals surface area contributed by atoms with E-state index in [2.05, 4.69) is 39.1 Å². The number of piperidine rings is 1. The predicted molar refractivity (Wildman–Crippen MR) is 134 cm³/mol. The Kier molecular flexibility index (Phi) is 6.68. The number of carbonyl (C=O) groups is 1. The summed E-state index contributed by atoms with van der Waals surface area (Å²) in [7, 11) is 0. The first-order valence-corrected chi connectivity index (χ1v) is 12.9. The molecule has 0 bridgehead atoms. The Hall–Kier alpha value is -2.73. The van der Waals surface area contributed by atoms with Gasteiger partial charge in [0.2, 0.25) is 5.91 Å². The van der Waals surface area contributed by atoms with Crippen molar-refractivity contribution in [1.29, 1.82) is 5.26 Å². The Bertz CT molecular complexity index is 1200. The van der Waals surface area contributed by atoms with E-state index in [1.165, 1.54) is 4.70 Å². The molecule has 178 valence electrons. The van der Waals surface area contributed by atoms with Crippen LogP contribution in [0.3, 0.4) is 0 Å². The van der Waals surface area contributed by atoms with Gasteiger partial charge in [0, 0.05) is 24.8 Å². The lowest BCUT2D eigenvalue weighted by atomic mass is 9.99. The van der Waals surface area contributed by atoms with Gasteiger partial charge in [0.25, 0.3) is 0 Å². The third kappa shape index (κ3) is 4.61. The summed E-state index contributed by atoms with van der Waals surface area (Å²) in [6.45, 7) is 7.43. The first-order chi connectivity index (χ1) is 16.5. The number of amides is 1. The van der Waals surface area contributed by atoms with Crippen molar-refractivity contribution in [2.45, 2.75) is 58.1 Å². The molecule has 7 nitrogen and oxygen atoms in total. The van der Waals surface area contributed by atoms with Gasteiger partial charge < -0.3 is 14.6 Å². The molecule has 8 heteroatoms. The zero-order valence-electron chi connectivity index (χ0n) is 19.8. The molecule has 0 aliphatic carbocycles. The van der Waals surface area contributed by atoms with Gasteiger partial charge in [-0.2, -0.15) is 5.26 Å². The quantitative estimate of drug-likeness (QED) is 0.562. The molecule has 0 saturated carbocycles. The van der Waals surface area contributed by atoms with Crippen LogP contribution in [0.2, 0.25) is 0 Å². The van der Waals surface area contributed by atoms with Crippen molar-refractivity contribution >= 4 is 33.3 Å². The fraction of sp³-hybridized carbons (Fsp3) is 0.500. The number of anilines is 1. The van der Waals surface area contributed by atoms with Crippen molar-refractivity contribution in [1.82, 2.24) is 14.5 Å². The van der Waals surface area contributed by atoms with E-state index in [0.717, 1.165) is 67.2 Å².